The van der Waals surface area contributed by atoms with Gasteiger partial charge in [-0.1, -0.05) is 0 Å². The highest BCUT2D eigenvalue weighted by molar-refractivity contribution is 5.74. The molecular formula is C62H104N4O44. The van der Waals surface area contributed by atoms with Gasteiger partial charge in [-0.25, -0.2) is 0 Å². The van der Waals surface area contributed by atoms with Crippen LogP contribution in [0.4, 0.5) is 0 Å². The van der Waals surface area contributed by atoms with Crippen LogP contribution in [0.5, 0.6) is 0 Å². The van der Waals surface area contributed by atoms with E-state index >= 15 is 0 Å². The van der Waals surface area contributed by atoms with E-state index in [0.29, 0.717) is 0 Å². The van der Waals surface area contributed by atoms with Crippen molar-refractivity contribution in [3.8, 4) is 0 Å². The Morgan fingerprint density at radius 3 is 1.05 bits per heavy atom. The fourth-order valence-electron chi connectivity index (χ4n) is 14.2. The minimum atomic E-state index is -2.53. The summed E-state index contributed by atoms with van der Waals surface area (Å²) in [5.74, 6) is -3.59. The van der Waals surface area contributed by atoms with Crippen molar-refractivity contribution in [3.05, 3.63) is 0 Å². The molecule has 9 aliphatic heterocycles. The highest BCUT2D eigenvalue weighted by Crippen LogP contribution is 2.40. The third kappa shape index (κ3) is 19.9. The highest BCUT2D eigenvalue weighted by Gasteiger charge is 2.61. The second kappa shape index (κ2) is 39.0. The first kappa shape index (κ1) is 90.2. The predicted molar refractivity (Wildman–Crippen MR) is 341 cm³/mol. The summed E-state index contributed by atoms with van der Waals surface area (Å²) in [7, 11) is 0. The fourth-order valence-corrected chi connectivity index (χ4v) is 14.2. The maximum Gasteiger partial charge on any atom is 0.217 e. The molecular weight excluding hydrogens is 1500 g/mol. The Kier molecular flexibility index (Phi) is 32.0. The van der Waals surface area contributed by atoms with Crippen molar-refractivity contribution in [2.24, 2.45) is 0 Å². The van der Waals surface area contributed by atoms with Gasteiger partial charge in [-0.05, 0) is 13.8 Å². The van der Waals surface area contributed by atoms with E-state index in [2.05, 4.69) is 21.3 Å². The number of carbonyl (C=O) groups is 4. The lowest BCUT2D eigenvalue weighted by Crippen LogP contribution is -2.71. The molecule has 9 aliphatic rings. The summed E-state index contributed by atoms with van der Waals surface area (Å²) in [5.41, 5.74) is 0. The second-order valence-corrected chi connectivity index (χ2v) is 28.2. The molecule has 4 amide bonds. The molecule has 0 saturated carbocycles. The summed E-state index contributed by atoms with van der Waals surface area (Å²) >= 11 is 0. The van der Waals surface area contributed by atoms with Crippen molar-refractivity contribution in [1.82, 2.24) is 21.3 Å². The number of nitrogens with one attached hydrogen (secondary N) is 4. The van der Waals surface area contributed by atoms with E-state index in [-0.39, 0.29) is 0 Å². The van der Waals surface area contributed by atoms with Gasteiger partial charge in [0.25, 0.3) is 0 Å². The van der Waals surface area contributed by atoms with Crippen LogP contribution >= 0.6 is 0 Å². The Labute approximate surface area is 624 Å². The van der Waals surface area contributed by atoms with Gasteiger partial charge in [0.15, 0.2) is 56.6 Å². The van der Waals surface area contributed by atoms with Gasteiger partial charge in [0.05, 0.1) is 58.5 Å². The Bertz CT molecular complexity index is 2930. The molecule has 9 heterocycles. The predicted octanol–water partition coefficient (Wildman–Crippen LogP) is -18.0. The van der Waals surface area contributed by atoms with Crippen LogP contribution in [-0.4, -0.2) is 463 Å². The van der Waals surface area contributed by atoms with Crippen molar-refractivity contribution in [2.75, 3.05) is 46.2 Å². The number of hydrogen-bond donors (Lipinski definition) is 27. The topological polar surface area (TPSA) is 739 Å². The highest BCUT2D eigenvalue weighted by atomic mass is 16.8. The van der Waals surface area contributed by atoms with Crippen LogP contribution < -0.4 is 21.3 Å². The third-order valence-corrected chi connectivity index (χ3v) is 20.3. The molecule has 110 heavy (non-hydrogen) atoms. The lowest BCUT2D eigenvalue weighted by atomic mass is 9.93. The van der Waals surface area contributed by atoms with Crippen LogP contribution in [0, 0.1) is 0 Å². The Balaban J connectivity index is 1.04. The van der Waals surface area contributed by atoms with Crippen molar-refractivity contribution in [3.63, 3.8) is 0 Å². The average molecular weight is 1610 g/mol. The van der Waals surface area contributed by atoms with Crippen molar-refractivity contribution in [2.45, 2.75) is 318 Å². The molecule has 0 aromatic rings. The lowest BCUT2D eigenvalue weighted by Gasteiger charge is -2.52. The molecule has 0 aliphatic carbocycles. The first-order valence-corrected chi connectivity index (χ1v) is 35.3. The van der Waals surface area contributed by atoms with Crippen LogP contribution in [0.3, 0.4) is 0 Å². The largest absolute Gasteiger partial charge is 0.394 e. The Morgan fingerprint density at radius 2 is 0.573 bits per heavy atom. The molecule has 9 saturated heterocycles. The molecule has 0 aromatic heterocycles. The van der Waals surface area contributed by atoms with Gasteiger partial charge in [0.2, 0.25) is 23.6 Å². The average Bonchev–Trinajstić information content (AvgIpc) is 0.765. The number of carbonyl (C=O) groups excluding carboxylic acids is 4. The molecule has 9 rings (SSSR count). The van der Waals surface area contributed by atoms with Gasteiger partial charge in [0.1, 0.15) is 207 Å². The quantitative estimate of drug-likeness (QED) is 0.0363. The number of aliphatic hydroxyl groups excluding tert-OH is 23. The van der Waals surface area contributed by atoms with Crippen molar-refractivity contribution in [1.29, 1.82) is 0 Å². The molecule has 0 spiro atoms. The van der Waals surface area contributed by atoms with Crippen LogP contribution in [0.1, 0.15) is 41.5 Å². The standard InChI is InChI=1S/C62H104N4O44/c1-14-31(76)40(85)44(89)58(96-14)95-13-26-50(51(30(54(93)98-26)66-19(6)75)108-60-46(91)41(86)32(77)15(2)97-60)107-56-28(64-17(4)73)39(84)49(24(11-71)102-56)106-61-47(92)52(36(81)25(104-61)12-94-59-45(90)42(87)34(79)21(8-68)100-59)109-62-53(43(88)35(80)22(9-69)101-62)110-57-29(65-18(5)74)38(83)48(23(10-70)103-57)105-55-27(63-16(3)72)37(82)33(78)20(7-67)99-55/h14-15,20-62,67-71,76-93H,7-13H2,1-6H3,(H,63,72)(H,64,73)(H,65,74)(H,66,75)/t14-,15-,20+,21+,22+,23+,24+,25+,26+,27+,28+,29+,30+,31+,32+,33-,34+,35+,36+,37+,38+,39+,40+,41+,42-,43-,44-,45-,46-,47-,48+,49+,50+,51+,52-,53-,54+,55-,56-,57-,58+,59-,60-,61-,62+/m0/s1. The van der Waals surface area contributed by atoms with Gasteiger partial charge < -0.3 is 219 Å². The second-order valence-electron chi connectivity index (χ2n) is 28.2. The normalized spacial score (nSPS) is 49.6. The zero-order chi connectivity index (χ0) is 81.1. The summed E-state index contributed by atoms with van der Waals surface area (Å²) in [5, 5.41) is 265. The van der Waals surface area contributed by atoms with E-state index in [9.17, 15) is 137 Å². The zero-order valence-corrected chi connectivity index (χ0v) is 59.8. The number of ether oxygens (including phenoxy) is 17. The van der Waals surface area contributed by atoms with E-state index in [1.54, 1.807) is 0 Å². The molecule has 48 heteroatoms. The molecule has 45 atom stereocenters. The summed E-state index contributed by atoms with van der Waals surface area (Å²) in [6.07, 6.45) is -81.9. The first-order valence-electron chi connectivity index (χ1n) is 35.3. The summed E-state index contributed by atoms with van der Waals surface area (Å²) in [6, 6.07) is -7.42. The minimum Gasteiger partial charge on any atom is -0.394 e. The minimum absolute atomic E-state index is 0.795. The fraction of sp³-hybridized carbons (Fsp3) is 0.935. The monoisotopic (exact) mass is 1610 g/mol. The maximum atomic E-state index is 13.3. The molecule has 9 fully saturated rings. The van der Waals surface area contributed by atoms with E-state index in [1.807, 2.05) is 0 Å². The van der Waals surface area contributed by atoms with E-state index in [4.69, 9.17) is 80.5 Å². The molecule has 0 unspecified atom stereocenters. The van der Waals surface area contributed by atoms with Crippen LogP contribution in [0.2, 0.25) is 0 Å². The smallest absolute Gasteiger partial charge is 0.217 e. The van der Waals surface area contributed by atoms with E-state index in [0.717, 1.165) is 27.7 Å². The number of aliphatic hydroxyl groups is 23. The van der Waals surface area contributed by atoms with Gasteiger partial charge in [-0.3, -0.25) is 19.2 Å². The molecule has 0 radical (unpaired) electrons. The summed E-state index contributed by atoms with van der Waals surface area (Å²) in [6.45, 7) is -0.898. The summed E-state index contributed by atoms with van der Waals surface area (Å²) < 4.78 is 102. The van der Waals surface area contributed by atoms with Crippen molar-refractivity contribution >= 4 is 23.6 Å². The Morgan fingerprint density at radius 1 is 0.255 bits per heavy atom. The number of hydrogen-bond acceptors (Lipinski definition) is 44. The molecule has 0 bridgehead atoms. The number of amides is 4. The molecule has 0 aromatic carbocycles. The SMILES string of the molecule is CC(=O)N[C@@H]1[C@@H](O[C@@H]2O[C@@H](C)[C@@H](O)[C@@H](O)[C@@H]2O)[C@H](O[C@@H]2O[C@H](CO)[C@@H](O[C@@H]3O[C@H](CO[C@H]4O[C@H](CO)[C@@H](O)[C@H](O)[C@@H]4O)[C@@H](O)[C@H](O[C@H]4O[C@H](CO)[C@@H](O)[C@H](O)[C@@H]4O[C@@H]4O[C@H](CO)[C@@H](O[C@@H]5O[C@H](CO)[C@H](O)[C@H](O)[C@H]5NC(C)=O)[C@H](O)[C@H]4NC(C)=O)[C@@H]3O)[C@H](O)[C@H]2NC(C)=O)[C@@H](CO[C@@H]2O[C@@H](C)[C@@H](O)[C@@H](O)[C@@H]2O)O[C@H]1O. The lowest BCUT2D eigenvalue weighted by molar-refractivity contribution is -0.397. The molecule has 636 valence electrons. The van der Waals surface area contributed by atoms with Crippen LogP contribution in [0.15, 0.2) is 0 Å². The third-order valence-electron chi connectivity index (χ3n) is 20.3. The Hall–Kier alpha value is -3.72. The van der Waals surface area contributed by atoms with E-state index in [1.165, 1.54) is 13.8 Å². The van der Waals surface area contributed by atoms with Gasteiger partial charge in [-0.2, -0.15) is 0 Å². The molecule has 27 N–H and O–H groups in total. The zero-order valence-electron chi connectivity index (χ0n) is 59.8. The van der Waals surface area contributed by atoms with Gasteiger partial charge >= 0.3 is 0 Å². The summed E-state index contributed by atoms with van der Waals surface area (Å²) in [4.78, 5) is 51.5. The first-order chi connectivity index (χ1) is 51.9. The van der Waals surface area contributed by atoms with Crippen LogP contribution in [0.25, 0.3) is 0 Å². The van der Waals surface area contributed by atoms with Crippen LogP contribution in [-0.2, 0) is 99.7 Å². The van der Waals surface area contributed by atoms with Crippen molar-refractivity contribution < 1.29 is 217 Å². The maximum absolute atomic E-state index is 13.3. The van der Waals surface area contributed by atoms with Gasteiger partial charge in [-0.15, -0.1) is 0 Å². The van der Waals surface area contributed by atoms with Gasteiger partial charge in [0, 0.05) is 27.7 Å². The molecule has 48 nitrogen and oxygen atoms in total. The van der Waals surface area contributed by atoms with E-state index < -0.39 is 346 Å². The number of rotatable bonds is 27.